The summed E-state index contributed by atoms with van der Waals surface area (Å²) in [6, 6.07) is 7.05. The van der Waals surface area contributed by atoms with Crippen molar-refractivity contribution in [2.24, 2.45) is 0 Å². The molecule has 1 saturated heterocycles. The van der Waals surface area contributed by atoms with E-state index in [1.165, 1.54) is 0 Å². The highest BCUT2D eigenvalue weighted by Crippen LogP contribution is 2.25. The molecule has 1 atom stereocenters. The molecule has 0 radical (unpaired) electrons. The SMILES string of the molecule is CCOC(=O)C1CCCCN1CC(=O)NCCOc1ccccc1OC. The van der Waals surface area contributed by atoms with Crippen molar-refractivity contribution in [3.05, 3.63) is 24.3 Å². The molecule has 1 amide bonds. The van der Waals surface area contributed by atoms with Crippen molar-refractivity contribution in [1.82, 2.24) is 10.2 Å². The molecule has 1 aliphatic heterocycles. The number of carbonyl (C=O) groups excluding carboxylic acids is 2. The fourth-order valence-corrected chi connectivity index (χ4v) is 3.02. The molecule has 1 aromatic carbocycles. The first-order valence-corrected chi connectivity index (χ1v) is 9.09. The Morgan fingerprint density at radius 1 is 1.23 bits per heavy atom. The maximum Gasteiger partial charge on any atom is 0.323 e. The number of ether oxygens (including phenoxy) is 3. The van der Waals surface area contributed by atoms with Gasteiger partial charge >= 0.3 is 5.97 Å². The molecule has 1 aromatic rings. The number of nitrogens with zero attached hydrogens (tertiary/aromatic N) is 1. The van der Waals surface area contributed by atoms with Crippen LogP contribution in [0.1, 0.15) is 26.2 Å². The van der Waals surface area contributed by atoms with E-state index in [2.05, 4.69) is 5.32 Å². The first-order valence-electron chi connectivity index (χ1n) is 9.09. The Kier molecular flexibility index (Phi) is 8.21. The van der Waals surface area contributed by atoms with Crippen LogP contribution in [0.2, 0.25) is 0 Å². The maximum atomic E-state index is 12.2. The van der Waals surface area contributed by atoms with Gasteiger partial charge in [0.2, 0.25) is 5.91 Å². The molecule has 0 saturated carbocycles. The summed E-state index contributed by atoms with van der Waals surface area (Å²) in [6.07, 6.45) is 2.71. The smallest absolute Gasteiger partial charge is 0.323 e. The van der Waals surface area contributed by atoms with Crippen LogP contribution >= 0.6 is 0 Å². The van der Waals surface area contributed by atoms with Gasteiger partial charge < -0.3 is 19.5 Å². The minimum absolute atomic E-state index is 0.121. The number of para-hydroxylation sites is 2. The second kappa shape index (κ2) is 10.7. The van der Waals surface area contributed by atoms with E-state index in [0.717, 1.165) is 25.8 Å². The standard InChI is InChI=1S/C19H28N2O5/c1-3-25-19(23)15-8-6-7-12-21(15)14-18(22)20-11-13-26-17-10-5-4-9-16(17)24-2/h4-5,9-10,15H,3,6-8,11-14H2,1-2H3,(H,20,22). The van der Waals surface area contributed by atoms with E-state index in [1.54, 1.807) is 14.0 Å². The number of nitrogens with one attached hydrogen (secondary N) is 1. The lowest BCUT2D eigenvalue weighted by Crippen LogP contribution is -2.49. The molecule has 144 valence electrons. The van der Waals surface area contributed by atoms with Crippen LogP contribution in [-0.4, -0.2) is 62.8 Å². The lowest BCUT2D eigenvalue weighted by molar-refractivity contribution is -0.151. The third-order valence-corrected chi connectivity index (χ3v) is 4.27. The largest absolute Gasteiger partial charge is 0.493 e. The number of piperidine rings is 1. The molecule has 0 spiro atoms. The van der Waals surface area contributed by atoms with Gasteiger partial charge in [0.25, 0.3) is 0 Å². The van der Waals surface area contributed by atoms with Gasteiger partial charge in [-0.25, -0.2) is 0 Å². The summed E-state index contributed by atoms with van der Waals surface area (Å²) in [7, 11) is 1.59. The van der Waals surface area contributed by atoms with E-state index < -0.39 is 0 Å². The molecule has 1 heterocycles. The summed E-state index contributed by atoms with van der Waals surface area (Å²) in [5.41, 5.74) is 0. The lowest BCUT2D eigenvalue weighted by atomic mass is 10.0. The molecule has 1 N–H and O–H groups in total. The van der Waals surface area contributed by atoms with Gasteiger partial charge in [-0.3, -0.25) is 14.5 Å². The van der Waals surface area contributed by atoms with E-state index in [0.29, 0.717) is 31.3 Å². The van der Waals surface area contributed by atoms with Crippen molar-refractivity contribution in [3.63, 3.8) is 0 Å². The molecule has 1 unspecified atom stereocenters. The van der Waals surface area contributed by atoms with Crippen molar-refractivity contribution in [1.29, 1.82) is 0 Å². The number of rotatable bonds is 9. The number of carbonyl (C=O) groups is 2. The Morgan fingerprint density at radius 2 is 2.00 bits per heavy atom. The van der Waals surface area contributed by atoms with Crippen molar-refractivity contribution >= 4 is 11.9 Å². The Morgan fingerprint density at radius 3 is 2.73 bits per heavy atom. The van der Waals surface area contributed by atoms with E-state index in [1.807, 2.05) is 29.2 Å². The Bertz CT molecular complexity index is 593. The molecule has 7 heteroatoms. The summed E-state index contributed by atoms with van der Waals surface area (Å²) >= 11 is 0. The van der Waals surface area contributed by atoms with E-state index in [4.69, 9.17) is 14.2 Å². The topological polar surface area (TPSA) is 77.1 Å². The van der Waals surface area contributed by atoms with Crippen LogP contribution < -0.4 is 14.8 Å². The molecule has 1 aliphatic rings. The fraction of sp³-hybridized carbons (Fsp3) is 0.579. The van der Waals surface area contributed by atoms with Crippen molar-refractivity contribution < 1.29 is 23.8 Å². The van der Waals surface area contributed by atoms with Crippen molar-refractivity contribution in [2.75, 3.05) is 40.0 Å². The Balaban J connectivity index is 1.74. The summed E-state index contributed by atoms with van der Waals surface area (Å²) < 4.78 is 16.0. The molecule has 7 nitrogen and oxygen atoms in total. The molecule has 26 heavy (non-hydrogen) atoms. The highest BCUT2D eigenvalue weighted by Gasteiger charge is 2.30. The van der Waals surface area contributed by atoms with Gasteiger partial charge in [0.1, 0.15) is 12.6 Å². The zero-order valence-corrected chi connectivity index (χ0v) is 15.5. The zero-order valence-electron chi connectivity index (χ0n) is 15.5. The zero-order chi connectivity index (χ0) is 18.8. The first kappa shape index (κ1) is 20.0. The average Bonchev–Trinajstić information content (AvgIpc) is 2.66. The number of likely N-dealkylation sites (tertiary alicyclic amines) is 1. The van der Waals surface area contributed by atoms with Gasteiger partial charge in [-0.15, -0.1) is 0 Å². The third kappa shape index (κ3) is 5.91. The number of methoxy groups -OCH3 is 1. The summed E-state index contributed by atoms with van der Waals surface area (Å²) in [5.74, 6) is 0.941. The maximum absolute atomic E-state index is 12.2. The third-order valence-electron chi connectivity index (χ3n) is 4.27. The molecule has 2 rings (SSSR count). The van der Waals surface area contributed by atoms with E-state index in [-0.39, 0.29) is 24.5 Å². The first-order chi connectivity index (χ1) is 12.7. The lowest BCUT2D eigenvalue weighted by Gasteiger charge is -2.33. The van der Waals surface area contributed by atoms with Gasteiger partial charge in [-0.2, -0.15) is 0 Å². The Labute approximate surface area is 154 Å². The van der Waals surface area contributed by atoms with Crippen LogP contribution in [0, 0.1) is 0 Å². The predicted molar refractivity (Wildman–Crippen MR) is 97.3 cm³/mol. The second-order valence-corrected chi connectivity index (χ2v) is 6.08. The highest BCUT2D eigenvalue weighted by molar-refractivity contribution is 5.80. The van der Waals surface area contributed by atoms with Gasteiger partial charge in [-0.05, 0) is 38.4 Å². The molecule has 1 fully saturated rings. The van der Waals surface area contributed by atoms with Crippen LogP contribution in [0.3, 0.4) is 0 Å². The summed E-state index contributed by atoms with van der Waals surface area (Å²) in [6.45, 7) is 3.80. The van der Waals surface area contributed by atoms with Crippen LogP contribution in [-0.2, 0) is 14.3 Å². The second-order valence-electron chi connectivity index (χ2n) is 6.08. The van der Waals surface area contributed by atoms with Crippen LogP contribution in [0.5, 0.6) is 11.5 Å². The number of hydrogen-bond acceptors (Lipinski definition) is 6. The molecular formula is C19H28N2O5. The number of benzene rings is 1. The minimum Gasteiger partial charge on any atom is -0.493 e. The monoisotopic (exact) mass is 364 g/mol. The van der Waals surface area contributed by atoms with Gasteiger partial charge in [0.05, 0.1) is 26.8 Å². The van der Waals surface area contributed by atoms with Crippen molar-refractivity contribution in [3.8, 4) is 11.5 Å². The molecule has 0 bridgehead atoms. The average molecular weight is 364 g/mol. The normalized spacial score (nSPS) is 17.4. The highest BCUT2D eigenvalue weighted by atomic mass is 16.5. The molecule has 0 aromatic heterocycles. The quantitative estimate of drug-likeness (QED) is 0.530. The van der Waals surface area contributed by atoms with Gasteiger partial charge in [-0.1, -0.05) is 18.6 Å². The Hall–Kier alpha value is -2.28. The van der Waals surface area contributed by atoms with Gasteiger partial charge in [0.15, 0.2) is 11.5 Å². The predicted octanol–water partition coefficient (Wildman–Crippen LogP) is 1.61. The number of hydrogen-bond donors (Lipinski definition) is 1. The van der Waals surface area contributed by atoms with E-state index in [9.17, 15) is 9.59 Å². The number of amides is 1. The summed E-state index contributed by atoms with van der Waals surface area (Å²) in [5, 5.41) is 2.83. The molecule has 0 aliphatic carbocycles. The summed E-state index contributed by atoms with van der Waals surface area (Å²) in [4.78, 5) is 26.1. The van der Waals surface area contributed by atoms with Crippen molar-refractivity contribution in [2.45, 2.75) is 32.2 Å². The van der Waals surface area contributed by atoms with Crippen LogP contribution in [0.15, 0.2) is 24.3 Å². The fourth-order valence-electron chi connectivity index (χ4n) is 3.02. The van der Waals surface area contributed by atoms with Gasteiger partial charge in [0, 0.05) is 0 Å². The van der Waals surface area contributed by atoms with Crippen LogP contribution in [0.4, 0.5) is 0 Å². The van der Waals surface area contributed by atoms with Crippen LogP contribution in [0.25, 0.3) is 0 Å². The molecular weight excluding hydrogens is 336 g/mol. The minimum atomic E-state index is -0.320. The number of esters is 1. The van der Waals surface area contributed by atoms with E-state index >= 15 is 0 Å².